The maximum atomic E-state index is 13.0. The average molecular weight is 437 g/mol. The van der Waals surface area contributed by atoms with Crippen LogP contribution in [0.25, 0.3) is 17.0 Å². The number of thioether (sulfide) groups is 1. The molecule has 5 nitrogen and oxygen atoms in total. The Balaban J connectivity index is 1.59. The number of fused-ring (bicyclic) bond motifs is 1. The highest BCUT2D eigenvalue weighted by molar-refractivity contribution is 8.26. The molecule has 1 aromatic heterocycles. The Bertz CT molecular complexity index is 1150. The quantitative estimate of drug-likeness (QED) is 0.328. The summed E-state index contributed by atoms with van der Waals surface area (Å²) in [5.41, 5.74) is 2.95. The normalized spacial score (nSPS) is 15.4. The van der Waals surface area contributed by atoms with Crippen LogP contribution in [0.5, 0.6) is 0 Å². The number of carbonyl (C=O) groups is 2. The lowest BCUT2D eigenvalue weighted by molar-refractivity contribution is -0.141. The smallest absolute Gasteiger partial charge is 0.325 e. The molecule has 0 N–H and O–H groups in total. The van der Waals surface area contributed by atoms with Crippen LogP contribution >= 0.6 is 24.0 Å². The zero-order valence-corrected chi connectivity index (χ0v) is 18.0. The van der Waals surface area contributed by atoms with E-state index in [1.165, 1.54) is 24.4 Å². The molecule has 30 heavy (non-hydrogen) atoms. The molecule has 0 aliphatic carbocycles. The lowest BCUT2D eigenvalue weighted by atomic mass is 10.1. The van der Waals surface area contributed by atoms with Crippen LogP contribution in [0.15, 0.2) is 65.7 Å². The molecule has 7 heteroatoms. The largest absolute Gasteiger partial charge is 0.468 e. The minimum atomic E-state index is -0.325. The Labute approximate surface area is 184 Å². The van der Waals surface area contributed by atoms with Gasteiger partial charge in [-0.05, 0) is 24.1 Å². The van der Waals surface area contributed by atoms with Crippen LogP contribution in [-0.2, 0) is 27.3 Å². The molecule has 3 aromatic rings. The fraction of sp³-hybridized carbons (Fsp3) is 0.174. The summed E-state index contributed by atoms with van der Waals surface area (Å²) >= 11 is 6.78. The van der Waals surface area contributed by atoms with Gasteiger partial charge in [0.05, 0.1) is 12.0 Å². The van der Waals surface area contributed by atoms with Crippen molar-refractivity contribution < 1.29 is 14.3 Å². The molecule has 1 amide bonds. The first kappa shape index (κ1) is 20.4. The number of hydrogen-bond donors (Lipinski definition) is 0. The maximum Gasteiger partial charge on any atom is 0.325 e. The Hall–Kier alpha value is -2.90. The third-order valence-electron chi connectivity index (χ3n) is 4.97. The topological polar surface area (TPSA) is 51.5 Å². The number of aromatic nitrogens is 1. The van der Waals surface area contributed by atoms with E-state index in [2.05, 4.69) is 0 Å². The van der Waals surface area contributed by atoms with E-state index in [4.69, 9.17) is 17.0 Å². The van der Waals surface area contributed by atoms with Gasteiger partial charge in [0.25, 0.3) is 5.91 Å². The highest BCUT2D eigenvalue weighted by Gasteiger charge is 2.31. The van der Waals surface area contributed by atoms with E-state index in [1.807, 2.05) is 71.4 Å². The number of methoxy groups -OCH3 is 1. The molecule has 0 unspecified atom stereocenters. The number of rotatable bonds is 6. The predicted molar refractivity (Wildman–Crippen MR) is 124 cm³/mol. The van der Waals surface area contributed by atoms with Gasteiger partial charge in [-0.25, -0.2) is 0 Å². The molecule has 0 saturated carbocycles. The average Bonchev–Trinajstić information content (AvgIpc) is 3.24. The molecule has 4 rings (SSSR count). The van der Waals surface area contributed by atoms with Gasteiger partial charge in [0.15, 0.2) is 0 Å². The molecule has 1 aliphatic rings. The van der Waals surface area contributed by atoms with Gasteiger partial charge >= 0.3 is 5.97 Å². The Morgan fingerprint density at radius 1 is 1.13 bits per heavy atom. The zero-order chi connectivity index (χ0) is 21.1. The summed E-state index contributed by atoms with van der Waals surface area (Å²) in [6.45, 7) is 0.666. The summed E-state index contributed by atoms with van der Waals surface area (Å²) in [5.74, 6) is -0.403. The first-order valence-corrected chi connectivity index (χ1v) is 10.7. The van der Waals surface area contributed by atoms with Crippen LogP contribution < -0.4 is 0 Å². The molecule has 0 spiro atoms. The predicted octanol–water partition coefficient (Wildman–Crippen LogP) is 4.26. The standard InChI is InChI=1S/C23H20N2O3S2/c1-28-21(26)15-24-14-17(18-9-5-6-10-19(18)24)13-20-22(27)25(23(29)30-20)12-11-16-7-3-2-4-8-16/h2-10,13-14H,11-12,15H2,1H3/b20-13-. The molecule has 2 aromatic carbocycles. The summed E-state index contributed by atoms with van der Waals surface area (Å²) in [7, 11) is 1.37. The number of para-hydroxylation sites is 1. The van der Waals surface area contributed by atoms with E-state index in [0.717, 1.165) is 22.9 Å². The monoisotopic (exact) mass is 436 g/mol. The van der Waals surface area contributed by atoms with Crippen molar-refractivity contribution in [2.45, 2.75) is 13.0 Å². The molecular formula is C23H20N2O3S2. The lowest BCUT2D eigenvalue weighted by Gasteiger charge is -2.14. The molecule has 152 valence electrons. The second-order valence-electron chi connectivity index (χ2n) is 6.87. The Morgan fingerprint density at radius 3 is 2.63 bits per heavy atom. The van der Waals surface area contributed by atoms with E-state index < -0.39 is 0 Å². The number of amides is 1. The molecule has 1 saturated heterocycles. The summed E-state index contributed by atoms with van der Waals surface area (Å²) in [5, 5.41) is 0.968. The van der Waals surface area contributed by atoms with Crippen molar-refractivity contribution in [3.63, 3.8) is 0 Å². The highest BCUT2D eigenvalue weighted by atomic mass is 32.2. The van der Waals surface area contributed by atoms with Crippen LogP contribution in [0.1, 0.15) is 11.1 Å². The van der Waals surface area contributed by atoms with Crippen LogP contribution in [0, 0.1) is 0 Å². The van der Waals surface area contributed by atoms with Gasteiger partial charge in [-0.1, -0.05) is 72.5 Å². The summed E-state index contributed by atoms with van der Waals surface area (Å²) in [6, 6.07) is 17.8. The van der Waals surface area contributed by atoms with Crippen molar-refractivity contribution in [3.8, 4) is 0 Å². The fourth-order valence-corrected chi connectivity index (χ4v) is 4.74. The maximum absolute atomic E-state index is 13.0. The van der Waals surface area contributed by atoms with Crippen molar-refractivity contribution in [2.24, 2.45) is 0 Å². The minimum Gasteiger partial charge on any atom is -0.468 e. The third-order valence-corrected chi connectivity index (χ3v) is 6.35. The molecular weight excluding hydrogens is 416 g/mol. The van der Waals surface area contributed by atoms with Crippen LogP contribution in [0.3, 0.4) is 0 Å². The van der Waals surface area contributed by atoms with E-state index in [9.17, 15) is 9.59 Å². The summed E-state index contributed by atoms with van der Waals surface area (Å²) in [4.78, 5) is 27.0. The van der Waals surface area contributed by atoms with Crippen molar-refractivity contribution in [2.75, 3.05) is 13.7 Å². The SMILES string of the molecule is COC(=O)Cn1cc(/C=C2\SC(=S)N(CCc3ccccc3)C2=O)c2ccccc21. The van der Waals surface area contributed by atoms with E-state index >= 15 is 0 Å². The van der Waals surface area contributed by atoms with Crippen molar-refractivity contribution in [1.29, 1.82) is 0 Å². The number of esters is 1. The molecule has 0 bridgehead atoms. The second kappa shape index (κ2) is 8.85. The van der Waals surface area contributed by atoms with Gasteiger partial charge in [-0.3, -0.25) is 14.5 Å². The second-order valence-corrected chi connectivity index (χ2v) is 8.55. The molecule has 1 aliphatic heterocycles. The molecule has 0 radical (unpaired) electrons. The van der Waals surface area contributed by atoms with Gasteiger partial charge < -0.3 is 9.30 Å². The Morgan fingerprint density at radius 2 is 1.87 bits per heavy atom. The van der Waals surface area contributed by atoms with E-state index in [0.29, 0.717) is 15.8 Å². The highest BCUT2D eigenvalue weighted by Crippen LogP contribution is 2.34. The molecule has 1 fully saturated rings. The van der Waals surface area contributed by atoms with E-state index in [-0.39, 0.29) is 18.4 Å². The number of carbonyl (C=O) groups excluding carboxylic acids is 2. The van der Waals surface area contributed by atoms with Gasteiger partial charge in [0.1, 0.15) is 10.9 Å². The Kier molecular flexibility index (Phi) is 6.01. The van der Waals surface area contributed by atoms with Crippen molar-refractivity contribution in [1.82, 2.24) is 9.47 Å². The van der Waals surface area contributed by atoms with Gasteiger partial charge in [-0.2, -0.15) is 0 Å². The number of ether oxygens (including phenoxy) is 1. The first-order chi connectivity index (χ1) is 14.6. The minimum absolute atomic E-state index is 0.0780. The number of thiocarbonyl (C=S) groups is 1. The van der Waals surface area contributed by atoms with Crippen LogP contribution in [-0.4, -0.2) is 39.3 Å². The van der Waals surface area contributed by atoms with Gasteiger partial charge in [0.2, 0.25) is 0 Å². The third kappa shape index (κ3) is 4.17. The first-order valence-electron chi connectivity index (χ1n) is 9.51. The van der Waals surface area contributed by atoms with Gasteiger partial charge in [0, 0.05) is 29.2 Å². The zero-order valence-electron chi connectivity index (χ0n) is 16.4. The molecule has 0 atom stereocenters. The number of nitrogens with zero attached hydrogens (tertiary/aromatic N) is 2. The lowest BCUT2D eigenvalue weighted by Crippen LogP contribution is -2.30. The van der Waals surface area contributed by atoms with Crippen LogP contribution in [0.4, 0.5) is 0 Å². The summed E-state index contributed by atoms with van der Waals surface area (Å²) < 4.78 is 7.20. The van der Waals surface area contributed by atoms with Gasteiger partial charge in [-0.15, -0.1) is 0 Å². The molecule has 2 heterocycles. The van der Waals surface area contributed by atoms with Crippen molar-refractivity contribution in [3.05, 3.63) is 76.8 Å². The summed E-state index contributed by atoms with van der Waals surface area (Å²) in [6.07, 6.45) is 4.48. The number of benzene rings is 2. The fourth-order valence-electron chi connectivity index (χ4n) is 3.44. The number of hydrogen-bond acceptors (Lipinski definition) is 5. The van der Waals surface area contributed by atoms with E-state index in [1.54, 1.807) is 4.90 Å². The van der Waals surface area contributed by atoms with Crippen molar-refractivity contribution >= 4 is 57.2 Å². The van der Waals surface area contributed by atoms with Crippen LogP contribution in [0.2, 0.25) is 0 Å².